The lowest BCUT2D eigenvalue weighted by Gasteiger charge is -2.15. The van der Waals surface area contributed by atoms with Crippen LogP contribution in [0.1, 0.15) is 11.3 Å². The topological polar surface area (TPSA) is 29.9 Å². The van der Waals surface area contributed by atoms with Crippen molar-refractivity contribution in [2.24, 2.45) is 13.0 Å². The summed E-state index contributed by atoms with van der Waals surface area (Å²) in [6, 6.07) is 12.8. The van der Waals surface area contributed by atoms with Crippen molar-refractivity contribution in [1.82, 2.24) is 15.1 Å². The van der Waals surface area contributed by atoms with Gasteiger partial charge in [-0.25, -0.2) is 0 Å². The van der Waals surface area contributed by atoms with Crippen LogP contribution in [0.5, 0.6) is 0 Å². The molecule has 2 aromatic rings. The normalized spacial score (nSPS) is 12.6. The fraction of sp³-hybridized carbons (Fsp3) is 0.400. The van der Waals surface area contributed by atoms with Crippen molar-refractivity contribution in [2.45, 2.75) is 12.8 Å². The Morgan fingerprint density at radius 1 is 1.17 bits per heavy atom. The molecule has 0 bridgehead atoms. The highest BCUT2D eigenvalue weighted by atomic mass is 15.2. The summed E-state index contributed by atoms with van der Waals surface area (Å²) in [6.45, 7) is 1.02. The molecule has 1 atom stereocenters. The molecule has 0 spiro atoms. The van der Waals surface area contributed by atoms with Crippen molar-refractivity contribution >= 4 is 0 Å². The zero-order valence-electron chi connectivity index (χ0n) is 11.1. The first kappa shape index (κ1) is 12.8. The summed E-state index contributed by atoms with van der Waals surface area (Å²) in [4.78, 5) is 0. The van der Waals surface area contributed by atoms with Crippen LogP contribution in [0.4, 0.5) is 0 Å². The molecule has 2 rings (SSSR count). The minimum atomic E-state index is 0.590. The van der Waals surface area contributed by atoms with E-state index in [1.54, 1.807) is 0 Å². The summed E-state index contributed by atoms with van der Waals surface area (Å²) < 4.78 is 1.87. The van der Waals surface area contributed by atoms with Gasteiger partial charge in [-0.2, -0.15) is 5.10 Å². The van der Waals surface area contributed by atoms with Crippen LogP contribution in [0.25, 0.3) is 0 Å². The van der Waals surface area contributed by atoms with E-state index >= 15 is 0 Å². The van der Waals surface area contributed by atoms with E-state index in [-0.39, 0.29) is 0 Å². The molecule has 1 N–H and O–H groups in total. The maximum absolute atomic E-state index is 4.46. The Balaban J connectivity index is 1.99. The minimum Gasteiger partial charge on any atom is -0.319 e. The molecule has 0 amide bonds. The van der Waals surface area contributed by atoms with Crippen LogP contribution in [0.15, 0.2) is 42.6 Å². The van der Waals surface area contributed by atoms with Gasteiger partial charge in [-0.05, 0) is 44.0 Å². The molecule has 3 nitrogen and oxygen atoms in total. The fourth-order valence-corrected chi connectivity index (χ4v) is 2.32. The monoisotopic (exact) mass is 243 g/mol. The van der Waals surface area contributed by atoms with Gasteiger partial charge in [0.15, 0.2) is 0 Å². The lowest BCUT2D eigenvalue weighted by atomic mass is 9.95. The van der Waals surface area contributed by atoms with Gasteiger partial charge in [0.1, 0.15) is 0 Å². The summed E-state index contributed by atoms with van der Waals surface area (Å²) in [5.74, 6) is 0.590. The number of nitrogens with zero attached hydrogens (tertiary/aromatic N) is 2. The van der Waals surface area contributed by atoms with Gasteiger partial charge in [0.05, 0.1) is 5.69 Å². The maximum Gasteiger partial charge on any atom is 0.0627 e. The van der Waals surface area contributed by atoms with E-state index in [1.165, 1.54) is 11.3 Å². The molecular weight excluding hydrogens is 222 g/mol. The number of nitrogens with one attached hydrogen (secondary N) is 1. The molecule has 1 aromatic carbocycles. The van der Waals surface area contributed by atoms with E-state index in [0.29, 0.717) is 5.92 Å². The number of hydrogen-bond acceptors (Lipinski definition) is 2. The smallest absolute Gasteiger partial charge is 0.0627 e. The van der Waals surface area contributed by atoms with E-state index in [0.717, 1.165) is 19.4 Å². The highest BCUT2D eigenvalue weighted by molar-refractivity contribution is 5.16. The third-order valence-electron chi connectivity index (χ3n) is 3.13. The maximum atomic E-state index is 4.46. The van der Waals surface area contributed by atoms with Gasteiger partial charge < -0.3 is 5.32 Å². The first-order valence-electron chi connectivity index (χ1n) is 6.45. The van der Waals surface area contributed by atoms with Crippen LogP contribution in [-0.2, 0) is 19.9 Å². The Morgan fingerprint density at radius 3 is 2.56 bits per heavy atom. The molecule has 0 aliphatic carbocycles. The fourth-order valence-electron chi connectivity index (χ4n) is 2.32. The number of aromatic nitrogens is 2. The van der Waals surface area contributed by atoms with E-state index in [4.69, 9.17) is 0 Å². The van der Waals surface area contributed by atoms with Crippen molar-refractivity contribution in [2.75, 3.05) is 13.6 Å². The lowest BCUT2D eigenvalue weighted by molar-refractivity contribution is 0.485. The number of aryl methyl sites for hydroxylation is 1. The second kappa shape index (κ2) is 6.36. The molecule has 0 saturated heterocycles. The molecule has 18 heavy (non-hydrogen) atoms. The van der Waals surface area contributed by atoms with Gasteiger partial charge >= 0.3 is 0 Å². The van der Waals surface area contributed by atoms with Crippen molar-refractivity contribution in [3.63, 3.8) is 0 Å². The van der Waals surface area contributed by atoms with Crippen molar-refractivity contribution in [3.8, 4) is 0 Å². The van der Waals surface area contributed by atoms with Gasteiger partial charge in [0.25, 0.3) is 0 Å². The second-order valence-corrected chi connectivity index (χ2v) is 4.80. The summed E-state index contributed by atoms with van der Waals surface area (Å²) >= 11 is 0. The molecule has 0 fully saturated rings. The number of hydrogen-bond donors (Lipinski definition) is 1. The van der Waals surface area contributed by atoms with Crippen LogP contribution in [-0.4, -0.2) is 23.4 Å². The van der Waals surface area contributed by atoms with E-state index < -0.39 is 0 Å². The predicted octanol–water partition coefficient (Wildman–Crippen LogP) is 2.04. The zero-order chi connectivity index (χ0) is 12.8. The minimum absolute atomic E-state index is 0.590. The van der Waals surface area contributed by atoms with Crippen LogP contribution in [0.2, 0.25) is 0 Å². The third kappa shape index (κ3) is 3.70. The molecule has 0 aliphatic rings. The van der Waals surface area contributed by atoms with Gasteiger partial charge in [-0.15, -0.1) is 0 Å². The summed E-state index contributed by atoms with van der Waals surface area (Å²) in [5, 5.41) is 7.74. The molecule has 0 radical (unpaired) electrons. The van der Waals surface area contributed by atoms with Crippen LogP contribution in [0.3, 0.4) is 0 Å². The first-order chi connectivity index (χ1) is 8.78. The first-order valence-corrected chi connectivity index (χ1v) is 6.45. The van der Waals surface area contributed by atoms with Crippen LogP contribution in [0, 0.1) is 5.92 Å². The SMILES string of the molecule is CNCC(Cc1ccccc1)Cc1ccn(C)n1. The quantitative estimate of drug-likeness (QED) is 0.841. The Kier molecular flexibility index (Phi) is 4.53. The summed E-state index contributed by atoms with van der Waals surface area (Å²) in [6.07, 6.45) is 4.13. The Labute approximate surface area is 109 Å². The van der Waals surface area contributed by atoms with E-state index in [9.17, 15) is 0 Å². The molecule has 96 valence electrons. The Bertz CT molecular complexity index is 462. The van der Waals surface area contributed by atoms with Crippen molar-refractivity contribution in [1.29, 1.82) is 0 Å². The standard InChI is InChI=1S/C15H21N3/c1-16-12-14(10-13-6-4-3-5-7-13)11-15-8-9-18(2)17-15/h3-9,14,16H,10-12H2,1-2H3. The van der Waals surface area contributed by atoms with Gasteiger partial charge in [-0.3, -0.25) is 4.68 Å². The second-order valence-electron chi connectivity index (χ2n) is 4.80. The molecule has 1 heterocycles. The number of benzene rings is 1. The Hall–Kier alpha value is -1.61. The molecule has 1 unspecified atom stereocenters. The van der Waals surface area contributed by atoms with Gasteiger partial charge in [0.2, 0.25) is 0 Å². The molecule has 3 heteroatoms. The highest BCUT2D eigenvalue weighted by Gasteiger charge is 2.11. The number of rotatable bonds is 6. The molecule has 1 aromatic heterocycles. The Morgan fingerprint density at radius 2 is 1.94 bits per heavy atom. The molecular formula is C15H21N3. The van der Waals surface area contributed by atoms with Gasteiger partial charge in [0, 0.05) is 13.2 Å². The highest BCUT2D eigenvalue weighted by Crippen LogP contribution is 2.13. The average Bonchev–Trinajstić information content (AvgIpc) is 2.76. The summed E-state index contributed by atoms with van der Waals surface area (Å²) in [5.41, 5.74) is 2.57. The third-order valence-corrected chi connectivity index (χ3v) is 3.13. The lowest BCUT2D eigenvalue weighted by Crippen LogP contribution is -2.23. The van der Waals surface area contributed by atoms with Crippen molar-refractivity contribution in [3.05, 3.63) is 53.9 Å². The van der Waals surface area contributed by atoms with Crippen molar-refractivity contribution < 1.29 is 0 Å². The summed E-state index contributed by atoms with van der Waals surface area (Å²) in [7, 11) is 3.98. The molecule has 0 saturated carbocycles. The van der Waals surface area contributed by atoms with Crippen LogP contribution >= 0.6 is 0 Å². The largest absolute Gasteiger partial charge is 0.319 e. The van der Waals surface area contributed by atoms with E-state index in [2.05, 4.69) is 46.8 Å². The predicted molar refractivity (Wildman–Crippen MR) is 74.5 cm³/mol. The van der Waals surface area contributed by atoms with Crippen LogP contribution < -0.4 is 5.32 Å². The molecule has 0 aliphatic heterocycles. The average molecular weight is 243 g/mol. The zero-order valence-corrected chi connectivity index (χ0v) is 11.1. The van der Waals surface area contributed by atoms with Gasteiger partial charge in [-0.1, -0.05) is 30.3 Å². The van der Waals surface area contributed by atoms with E-state index in [1.807, 2.05) is 25.0 Å².